The summed E-state index contributed by atoms with van der Waals surface area (Å²) in [4.78, 5) is 28.2. The van der Waals surface area contributed by atoms with Crippen molar-refractivity contribution in [2.24, 2.45) is 11.7 Å². The molecule has 1 aliphatic rings. The predicted molar refractivity (Wildman–Crippen MR) is 111 cm³/mol. The van der Waals surface area contributed by atoms with Crippen LogP contribution in [0.2, 0.25) is 0 Å². The fourth-order valence-corrected chi connectivity index (χ4v) is 4.10. The van der Waals surface area contributed by atoms with Crippen LogP contribution in [0.1, 0.15) is 47.8 Å². The topological polar surface area (TPSA) is 104 Å². The van der Waals surface area contributed by atoms with Gasteiger partial charge in [0.05, 0.1) is 12.7 Å². The van der Waals surface area contributed by atoms with Gasteiger partial charge in [0.15, 0.2) is 17.2 Å². The summed E-state index contributed by atoms with van der Waals surface area (Å²) in [6, 6.07) is 4.09. The lowest BCUT2D eigenvalue weighted by Gasteiger charge is -2.32. The number of amides is 2. The Labute approximate surface area is 195 Å². The summed E-state index contributed by atoms with van der Waals surface area (Å²) in [5, 5.41) is 2.34. The molecule has 3 N–H and O–H groups in total. The molecule has 2 heterocycles. The Morgan fingerprint density at radius 2 is 1.91 bits per heavy atom. The van der Waals surface area contributed by atoms with Crippen LogP contribution >= 0.6 is 0 Å². The second kappa shape index (κ2) is 9.36. The highest BCUT2D eigenvalue weighted by Gasteiger charge is 2.65. The SMILES string of the molecule is COc1c([C@H]2[C@@H](C(=O)Nc3ccnc(C(N)=O)c3)O[C@](C)(C(F)(F)F)[C@H]2C)ccc(C(F)F)c1F. The van der Waals surface area contributed by atoms with E-state index in [0.29, 0.717) is 0 Å². The molecule has 13 heteroatoms. The minimum absolute atomic E-state index is 0.0133. The second-order valence-corrected chi connectivity index (χ2v) is 8.13. The Balaban J connectivity index is 2.10. The first-order valence-electron chi connectivity index (χ1n) is 10.2. The number of hydrogen-bond donors (Lipinski definition) is 2. The Kier molecular flexibility index (Phi) is 7.02. The zero-order valence-corrected chi connectivity index (χ0v) is 18.6. The third-order valence-corrected chi connectivity index (χ3v) is 6.16. The van der Waals surface area contributed by atoms with Crippen LogP contribution in [0.3, 0.4) is 0 Å². The zero-order chi connectivity index (χ0) is 26.3. The van der Waals surface area contributed by atoms with Crippen LogP contribution in [-0.4, -0.2) is 41.8 Å². The van der Waals surface area contributed by atoms with E-state index >= 15 is 0 Å². The maximum absolute atomic E-state index is 14.8. The highest BCUT2D eigenvalue weighted by atomic mass is 19.4. The van der Waals surface area contributed by atoms with Gasteiger partial charge in [-0.15, -0.1) is 0 Å². The average Bonchev–Trinajstić information content (AvgIpc) is 3.05. The largest absolute Gasteiger partial charge is 0.493 e. The maximum Gasteiger partial charge on any atom is 0.417 e. The number of nitrogens with one attached hydrogen (secondary N) is 1. The van der Waals surface area contributed by atoms with E-state index in [0.717, 1.165) is 45.4 Å². The molecule has 190 valence electrons. The van der Waals surface area contributed by atoms with Crippen LogP contribution in [0.5, 0.6) is 5.75 Å². The van der Waals surface area contributed by atoms with E-state index in [4.69, 9.17) is 15.2 Å². The Bertz CT molecular complexity index is 1140. The highest BCUT2D eigenvalue weighted by Crippen LogP contribution is 2.55. The summed E-state index contributed by atoms with van der Waals surface area (Å²) in [6.45, 7) is 1.90. The lowest BCUT2D eigenvalue weighted by Crippen LogP contribution is -2.47. The summed E-state index contributed by atoms with van der Waals surface area (Å²) in [7, 11) is 0.970. The van der Waals surface area contributed by atoms with E-state index in [1.807, 2.05) is 0 Å². The number of primary amides is 1. The van der Waals surface area contributed by atoms with E-state index in [2.05, 4.69) is 10.3 Å². The van der Waals surface area contributed by atoms with Crippen LogP contribution in [0.25, 0.3) is 0 Å². The van der Waals surface area contributed by atoms with Gasteiger partial charge in [0.1, 0.15) is 11.8 Å². The van der Waals surface area contributed by atoms with Crippen LogP contribution in [-0.2, 0) is 9.53 Å². The number of carbonyl (C=O) groups excluding carboxylic acids is 2. The third-order valence-electron chi connectivity index (χ3n) is 6.16. The number of methoxy groups -OCH3 is 1. The van der Waals surface area contributed by atoms with E-state index < -0.39 is 65.1 Å². The van der Waals surface area contributed by atoms with Crippen molar-refractivity contribution in [1.82, 2.24) is 4.98 Å². The molecule has 2 aromatic rings. The standard InChI is InChI=1S/C22H21F6N3O4/c1-9-14(11-4-5-12(18(24)25)15(23)16(11)34-3)17(35-21(9,2)22(26,27)28)20(33)31-10-6-7-30-13(8-10)19(29)32/h4-9,14,17-18H,1-3H3,(H2,29,32)(H,30,31,33)/t9-,14-,17-,21-/m0/s1. The smallest absolute Gasteiger partial charge is 0.417 e. The first-order chi connectivity index (χ1) is 16.2. The summed E-state index contributed by atoms with van der Waals surface area (Å²) < 4.78 is 93.3. The number of hydrogen-bond acceptors (Lipinski definition) is 5. The first kappa shape index (κ1) is 26.3. The van der Waals surface area contributed by atoms with Gasteiger partial charge in [-0.25, -0.2) is 13.2 Å². The summed E-state index contributed by atoms with van der Waals surface area (Å²) >= 11 is 0. The van der Waals surface area contributed by atoms with Crippen molar-refractivity contribution in [2.45, 2.75) is 44.1 Å². The second-order valence-electron chi connectivity index (χ2n) is 8.13. The lowest BCUT2D eigenvalue weighted by atomic mass is 9.76. The quantitative estimate of drug-likeness (QED) is 0.569. The van der Waals surface area contributed by atoms with Gasteiger partial charge >= 0.3 is 6.18 Å². The molecule has 1 aromatic heterocycles. The number of alkyl halides is 5. The molecule has 35 heavy (non-hydrogen) atoms. The van der Waals surface area contributed by atoms with Crippen LogP contribution in [0, 0.1) is 11.7 Å². The molecular formula is C22H21F6N3O4. The monoisotopic (exact) mass is 505 g/mol. The van der Waals surface area contributed by atoms with Gasteiger partial charge in [0, 0.05) is 29.3 Å². The van der Waals surface area contributed by atoms with Crippen molar-refractivity contribution in [3.05, 3.63) is 53.1 Å². The van der Waals surface area contributed by atoms with Gasteiger partial charge in [0.25, 0.3) is 18.2 Å². The lowest BCUT2D eigenvalue weighted by molar-refractivity contribution is -0.272. The first-order valence-corrected chi connectivity index (χ1v) is 10.2. The number of ether oxygens (including phenoxy) is 2. The van der Waals surface area contributed by atoms with Gasteiger partial charge in [-0.05, 0) is 25.1 Å². The minimum Gasteiger partial charge on any atom is -0.493 e. The molecular weight excluding hydrogens is 484 g/mol. The van der Waals surface area contributed by atoms with Gasteiger partial charge in [-0.3, -0.25) is 14.6 Å². The van der Waals surface area contributed by atoms with Crippen LogP contribution in [0.4, 0.5) is 32.0 Å². The number of benzene rings is 1. The molecule has 0 unspecified atom stereocenters. The van der Waals surface area contributed by atoms with Crippen molar-refractivity contribution < 1.29 is 45.4 Å². The number of halogens is 6. The number of nitrogens with zero attached hydrogens (tertiary/aromatic N) is 1. The number of pyridine rings is 1. The van der Waals surface area contributed by atoms with Gasteiger partial charge in [-0.1, -0.05) is 13.0 Å². The number of carbonyl (C=O) groups is 2. The van der Waals surface area contributed by atoms with E-state index in [-0.39, 0.29) is 16.9 Å². The van der Waals surface area contributed by atoms with Crippen LogP contribution < -0.4 is 15.8 Å². The molecule has 2 amide bonds. The maximum atomic E-state index is 14.8. The molecule has 3 rings (SSSR count). The molecule has 1 fully saturated rings. The summed E-state index contributed by atoms with van der Waals surface area (Å²) in [6.07, 6.45) is -8.84. The van der Waals surface area contributed by atoms with Crippen molar-refractivity contribution in [1.29, 1.82) is 0 Å². The molecule has 1 aromatic carbocycles. The normalized spacial score (nSPS) is 24.5. The van der Waals surface area contributed by atoms with E-state index in [9.17, 15) is 35.9 Å². The van der Waals surface area contributed by atoms with Crippen molar-refractivity contribution in [3.8, 4) is 5.75 Å². The molecule has 0 saturated carbocycles. The molecule has 1 saturated heterocycles. The zero-order valence-electron chi connectivity index (χ0n) is 18.6. The molecule has 4 atom stereocenters. The molecule has 1 aliphatic heterocycles. The van der Waals surface area contributed by atoms with Gasteiger partial charge in [-0.2, -0.15) is 13.2 Å². The van der Waals surface area contributed by atoms with Crippen molar-refractivity contribution >= 4 is 17.5 Å². The molecule has 0 aliphatic carbocycles. The van der Waals surface area contributed by atoms with Gasteiger partial charge < -0.3 is 20.5 Å². The van der Waals surface area contributed by atoms with Crippen molar-refractivity contribution in [3.63, 3.8) is 0 Å². The summed E-state index contributed by atoms with van der Waals surface area (Å²) in [5.74, 6) is -7.05. The van der Waals surface area contributed by atoms with Crippen molar-refractivity contribution in [2.75, 3.05) is 12.4 Å². The fourth-order valence-electron chi connectivity index (χ4n) is 4.10. The summed E-state index contributed by atoms with van der Waals surface area (Å²) in [5.41, 5.74) is 0.816. The Hall–Kier alpha value is -3.35. The number of nitrogens with two attached hydrogens (primary N) is 1. The highest BCUT2D eigenvalue weighted by molar-refractivity contribution is 5.97. The minimum atomic E-state index is -4.94. The van der Waals surface area contributed by atoms with E-state index in [1.165, 1.54) is 6.07 Å². The predicted octanol–water partition coefficient (Wildman–Crippen LogP) is 4.34. The molecule has 0 spiro atoms. The molecule has 7 nitrogen and oxygen atoms in total. The number of anilines is 1. The van der Waals surface area contributed by atoms with E-state index in [1.54, 1.807) is 0 Å². The number of rotatable bonds is 6. The molecule has 0 radical (unpaired) electrons. The third kappa shape index (κ3) is 4.64. The Morgan fingerprint density at radius 3 is 2.46 bits per heavy atom. The fraction of sp³-hybridized carbons (Fsp3) is 0.409. The Morgan fingerprint density at radius 1 is 1.26 bits per heavy atom. The average molecular weight is 505 g/mol. The molecule has 0 bridgehead atoms. The number of aromatic nitrogens is 1. The van der Waals surface area contributed by atoms with Gasteiger partial charge in [0.2, 0.25) is 0 Å². The van der Waals surface area contributed by atoms with Crippen LogP contribution in [0.15, 0.2) is 30.5 Å².